The Morgan fingerprint density at radius 2 is 1.08 bits per heavy atom. The number of anilines is 2. The fourth-order valence-corrected chi connectivity index (χ4v) is 4.19. The van der Waals surface area contributed by atoms with Crippen LogP contribution in [0.2, 0.25) is 0 Å². The van der Waals surface area contributed by atoms with Crippen LogP contribution in [0.15, 0.2) is 45.3 Å². The van der Waals surface area contributed by atoms with Gasteiger partial charge in [-0.15, -0.1) is 0 Å². The molecule has 2 aromatic rings. The van der Waals surface area contributed by atoms with Gasteiger partial charge in [-0.25, -0.2) is 0 Å². The normalized spacial score (nSPS) is 10.7. The first-order valence-electron chi connectivity index (χ1n) is 9.10. The SMILES string of the molecule is CCN(CC)c1ccc(C(=O)c2ccc(N(CC)CC)cc2Br)c(Br)c1. The Balaban J connectivity index is 2.34. The lowest BCUT2D eigenvalue weighted by molar-refractivity contribution is 0.103. The van der Waals surface area contributed by atoms with Crippen LogP contribution in [0, 0.1) is 0 Å². The summed E-state index contributed by atoms with van der Waals surface area (Å²) in [5.41, 5.74) is 3.60. The summed E-state index contributed by atoms with van der Waals surface area (Å²) in [5, 5.41) is 0. The molecule has 0 saturated carbocycles. The highest BCUT2D eigenvalue weighted by atomic mass is 79.9. The van der Waals surface area contributed by atoms with Crippen molar-refractivity contribution >= 4 is 49.0 Å². The van der Waals surface area contributed by atoms with Gasteiger partial charge in [0.2, 0.25) is 0 Å². The van der Waals surface area contributed by atoms with Gasteiger partial charge in [0, 0.05) is 57.6 Å². The Labute approximate surface area is 173 Å². The number of carbonyl (C=O) groups is 1. The molecule has 0 N–H and O–H groups in total. The average molecular weight is 482 g/mol. The van der Waals surface area contributed by atoms with Gasteiger partial charge < -0.3 is 9.80 Å². The topological polar surface area (TPSA) is 23.6 Å². The van der Waals surface area contributed by atoms with E-state index in [1.165, 1.54) is 0 Å². The first-order chi connectivity index (χ1) is 12.5. The van der Waals surface area contributed by atoms with Gasteiger partial charge in [-0.3, -0.25) is 4.79 Å². The number of benzene rings is 2. The zero-order valence-electron chi connectivity index (χ0n) is 15.9. The quantitative estimate of drug-likeness (QED) is 0.423. The van der Waals surface area contributed by atoms with Gasteiger partial charge in [0.15, 0.2) is 5.78 Å². The molecule has 0 radical (unpaired) electrons. The molecular formula is C21H26Br2N2O. The predicted octanol–water partition coefficient (Wildman–Crippen LogP) is 6.14. The largest absolute Gasteiger partial charge is 0.372 e. The van der Waals surface area contributed by atoms with Crippen molar-refractivity contribution in [2.75, 3.05) is 36.0 Å². The highest BCUT2D eigenvalue weighted by Gasteiger charge is 2.17. The molecule has 0 unspecified atom stereocenters. The first-order valence-corrected chi connectivity index (χ1v) is 10.7. The molecule has 0 bridgehead atoms. The third-order valence-electron chi connectivity index (χ3n) is 4.65. The highest BCUT2D eigenvalue weighted by Crippen LogP contribution is 2.30. The molecule has 2 rings (SSSR count). The molecule has 3 nitrogen and oxygen atoms in total. The molecule has 0 aliphatic heterocycles. The van der Waals surface area contributed by atoms with Gasteiger partial charge in [-0.2, -0.15) is 0 Å². The molecular weight excluding hydrogens is 456 g/mol. The van der Waals surface area contributed by atoms with Gasteiger partial charge in [-0.05, 0) is 96.0 Å². The van der Waals surface area contributed by atoms with E-state index in [0.717, 1.165) is 46.5 Å². The van der Waals surface area contributed by atoms with Gasteiger partial charge in [0.05, 0.1) is 0 Å². The molecule has 0 aliphatic carbocycles. The average Bonchev–Trinajstić information content (AvgIpc) is 2.63. The summed E-state index contributed by atoms with van der Waals surface area (Å²) in [6.45, 7) is 12.3. The summed E-state index contributed by atoms with van der Waals surface area (Å²) < 4.78 is 1.65. The van der Waals surface area contributed by atoms with E-state index in [4.69, 9.17) is 0 Å². The number of hydrogen-bond donors (Lipinski definition) is 0. The third-order valence-corrected chi connectivity index (χ3v) is 5.96. The summed E-state index contributed by atoms with van der Waals surface area (Å²) >= 11 is 7.17. The van der Waals surface area contributed by atoms with E-state index in [1.54, 1.807) is 0 Å². The van der Waals surface area contributed by atoms with E-state index in [1.807, 2.05) is 36.4 Å². The van der Waals surface area contributed by atoms with Crippen molar-refractivity contribution in [3.8, 4) is 0 Å². The second-order valence-corrected chi connectivity index (χ2v) is 7.71. The van der Waals surface area contributed by atoms with Crippen LogP contribution in [-0.4, -0.2) is 32.0 Å². The molecule has 0 aliphatic rings. The standard InChI is InChI=1S/C21H26Br2N2O/c1-5-24(6-2)15-9-11-17(19(22)13-15)21(26)18-12-10-16(14-20(18)23)25(7-3)8-4/h9-14H,5-8H2,1-4H3. The number of nitrogens with zero attached hydrogens (tertiary/aromatic N) is 2. The summed E-state index contributed by atoms with van der Waals surface area (Å²) in [4.78, 5) is 17.6. The molecule has 0 fully saturated rings. The Bertz CT molecular complexity index is 705. The van der Waals surface area contributed by atoms with Crippen molar-refractivity contribution < 1.29 is 4.79 Å². The van der Waals surface area contributed by atoms with Crippen molar-refractivity contribution in [2.45, 2.75) is 27.7 Å². The van der Waals surface area contributed by atoms with Gasteiger partial charge in [0.1, 0.15) is 0 Å². The van der Waals surface area contributed by atoms with E-state index in [-0.39, 0.29) is 5.78 Å². The summed E-state index contributed by atoms with van der Waals surface area (Å²) in [6.07, 6.45) is 0. The number of carbonyl (C=O) groups excluding carboxylic acids is 1. The maximum absolute atomic E-state index is 13.0. The maximum atomic E-state index is 13.0. The molecule has 140 valence electrons. The number of hydrogen-bond acceptors (Lipinski definition) is 3. The lowest BCUT2D eigenvalue weighted by Gasteiger charge is -2.22. The van der Waals surface area contributed by atoms with E-state index in [0.29, 0.717) is 11.1 Å². The Kier molecular flexibility index (Phi) is 7.71. The fraction of sp³-hybridized carbons (Fsp3) is 0.381. The van der Waals surface area contributed by atoms with E-state index in [2.05, 4.69) is 69.4 Å². The lowest BCUT2D eigenvalue weighted by atomic mass is 10.0. The first kappa shape index (κ1) is 21.0. The third kappa shape index (κ3) is 4.49. The molecule has 0 saturated heterocycles. The molecule has 2 aromatic carbocycles. The van der Waals surface area contributed by atoms with Crippen LogP contribution in [0.4, 0.5) is 11.4 Å². The Morgan fingerprint density at radius 1 is 0.731 bits per heavy atom. The zero-order chi connectivity index (χ0) is 19.3. The summed E-state index contributed by atoms with van der Waals surface area (Å²) in [5.74, 6) is 0.0148. The molecule has 5 heteroatoms. The van der Waals surface area contributed by atoms with Crippen molar-refractivity contribution in [3.63, 3.8) is 0 Å². The van der Waals surface area contributed by atoms with Gasteiger partial charge >= 0.3 is 0 Å². The van der Waals surface area contributed by atoms with E-state index in [9.17, 15) is 4.79 Å². The van der Waals surface area contributed by atoms with Crippen LogP contribution in [-0.2, 0) is 0 Å². The Morgan fingerprint density at radius 3 is 1.35 bits per heavy atom. The van der Waals surface area contributed by atoms with Crippen LogP contribution in [0.1, 0.15) is 43.6 Å². The summed E-state index contributed by atoms with van der Waals surface area (Å²) in [7, 11) is 0. The smallest absolute Gasteiger partial charge is 0.195 e. The maximum Gasteiger partial charge on any atom is 0.195 e. The number of rotatable bonds is 8. The van der Waals surface area contributed by atoms with Crippen LogP contribution >= 0.6 is 31.9 Å². The molecule has 0 heterocycles. The van der Waals surface area contributed by atoms with Crippen LogP contribution in [0.25, 0.3) is 0 Å². The summed E-state index contributed by atoms with van der Waals surface area (Å²) in [6, 6.07) is 11.9. The van der Waals surface area contributed by atoms with E-state index >= 15 is 0 Å². The molecule has 0 aromatic heterocycles. The predicted molar refractivity (Wildman–Crippen MR) is 119 cm³/mol. The molecule has 26 heavy (non-hydrogen) atoms. The van der Waals surface area contributed by atoms with Crippen molar-refractivity contribution in [3.05, 3.63) is 56.5 Å². The van der Waals surface area contributed by atoms with Crippen LogP contribution in [0.3, 0.4) is 0 Å². The highest BCUT2D eigenvalue weighted by molar-refractivity contribution is 9.11. The van der Waals surface area contributed by atoms with E-state index < -0.39 is 0 Å². The number of ketones is 1. The monoisotopic (exact) mass is 480 g/mol. The zero-order valence-corrected chi connectivity index (χ0v) is 19.0. The lowest BCUT2D eigenvalue weighted by Crippen LogP contribution is -2.22. The number of halogens is 2. The molecule has 0 amide bonds. The van der Waals surface area contributed by atoms with Crippen LogP contribution in [0.5, 0.6) is 0 Å². The minimum atomic E-state index is 0.0148. The minimum absolute atomic E-state index is 0.0148. The van der Waals surface area contributed by atoms with Crippen LogP contribution < -0.4 is 9.80 Å². The van der Waals surface area contributed by atoms with Crippen molar-refractivity contribution in [1.29, 1.82) is 0 Å². The fourth-order valence-electron chi connectivity index (χ4n) is 3.09. The van der Waals surface area contributed by atoms with Crippen molar-refractivity contribution in [1.82, 2.24) is 0 Å². The van der Waals surface area contributed by atoms with Gasteiger partial charge in [0.25, 0.3) is 0 Å². The molecule has 0 spiro atoms. The second-order valence-electron chi connectivity index (χ2n) is 6.00. The Hall–Kier alpha value is -1.33. The van der Waals surface area contributed by atoms with Crippen molar-refractivity contribution in [2.24, 2.45) is 0 Å². The molecule has 0 atom stereocenters. The van der Waals surface area contributed by atoms with Gasteiger partial charge in [-0.1, -0.05) is 0 Å². The minimum Gasteiger partial charge on any atom is -0.372 e. The second kappa shape index (κ2) is 9.56.